The van der Waals surface area contributed by atoms with Gasteiger partial charge in [0.2, 0.25) is 5.91 Å². The standard InChI is InChI=1S/C40H57N3O4/c1-25(2)28-13-18-39(34(46)43-42-33(45)27-10-8-23-41-24-27)21-19-35(4)29(32(28)39)11-12-30-36(35,5)20-22-40-16-9-15-38(40,7)31(47-26(3)44)14-17-37(30,40)6/h8,10,23-24,28-32H,1,9,11-22H2,2-7H3,(H,42,45)(H,43,46)/t28-,29+,30?,31-,32?,35+,36+,37+,38?,39-,40+/m0/s1. The number of hydrazine groups is 1. The summed E-state index contributed by atoms with van der Waals surface area (Å²) in [5.74, 6) is 1.05. The molecular weight excluding hydrogens is 586 g/mol. The normalized spacial score (nSPS) is 46.5. The number of hydrogen-bond acceptors (Lipinski definition) is 5. The second kappa shape index (κ2) is 10.9. The summed E-state index contributed by atoms with van der Waals surface area (Å²) in [6.45, 7) is 18.6. The van der Waals surface area contributed by atoms with Crippen LogP contribution < -0.4 is 10.9 Å². The largest absolute Gasteiger partial charge is 0.462 e. The Bertz CT molecular complexity index is 1480. The number of rotatable bonds is 4. The Labute approximate surface area is 281 Å². The van der Waals surface area contributed by atoms with Gasteiger partial charge in [-0.1, -0.05) is 46.3 Å². The number of ether oxygens (including phenoxy) is 1. The first-order valence-electron chi connectivity index (χ1n) is 18.5. The highest BCUT2D eigenvalue weighted by Gasteiger charge is 2.76. The molecule has 0 aliphatic heterocycles. The quantitative estimate of drug-likeness (QED) is 0.197. The van der Waals surface area contributed by atoms with E-state index in [1.165, 1.54) is 43.9 Å². The summed E-state index contributed by atoms with van der Waals surface area (Å²) < 4.78 is 6.12. The molecule has 6 aliphatic carbocycles. The number of carbonyl (C=O) groups excluding carboxylic acids is 3. The van der Waals surface area contributed by atoms with Crippen LogP contribution in [0.3, 0.4) is 0 Å². The minimum atomic E-state index is -0.509. The first kappa shape index (κ1) is 32.8. The number of pyridine rings is 1. The van der Waals surface area contributed by atoms with Crippen molar-refractivity contribution in [2.75, 3.05) is 0 Å². The van der Waals surface area contributed by atoms with Crippen molar-refractivity contribution in [3.63, 3.8) is 0 Å². The Kier molecular flexibility index (Phi) is 7.61. The van der Waals surface area contributed by atoms with Crippen LogP contribution in [0.15, 0.2) is 36.7 Å². The van der Waals surface area contributed by atoms with Crippen LogP contribution in [0.5, 0.6) is 0 Å². The summed E-state index contributed by atoms with van der Waals surface area (Å²) in [6, 6.07) is 3.43. The smallest absolute Gasteiger partial charge is 0.302 e. The van der Waals surface area contributed by atoms with Crippen molar-refractivity contribution >= 4 is 17.8 Å². The molecule has 6 saturated carbocycles. The Morgan fingerprint density at radius 2 is 1.60 bits per heavy atom. The van der Waals surface area contributed by atoms with Crippen LogP contribution >= 0.6 is 0 Å². The number of hydrogen-bond donors (Lipinski definition) is 2. The van der Waals surface area contributed by atoms with Gasteiger partial charge in [-0.25, -0.2) is 0 Å². The molecule has 0 saturated heterocycles. The number of aromatic nitrogens is 1. The lowest BCUT2D eigenvalue weighted by atomic mass is 9.29. The van der Waals surface area contributed by atoms with Crippen molar-refractivity contribution in [2.24, 2.45) is 56.2 Å². The summed E-state index contributed by atoms with van der Waals surface area (Å²) in [5.41, 5.74) is 7.43. The summed E-state index contributed by atoms with van der Waals surface area (Å²) in [6.07, 6.45) is 17.3. The van der Waals surface area contributed by atoms with Crippen LogP contribution in [0.2, 0.25) is 0 Å². The number of nitrogens with zero attached hydrogens (tertiary/aromatic N) is 1. The second-order valence-electron chi connectivity index (χ2n) is 17.8. The monoisotopic (exact) mass is 643 g/mol. The summed E-state index contributed by atoms with van der Waals surface area (Å²) in [5, 5.41) is 0. The molecule has 0 bridgehead atoms. The average Bonchev–Trinajstić information content (AvgIpc) is 3.61. The van der Waals surface area contributed by atoms with E-state index < -0.39 is 5.41 Å². The molecule has 0 aromatic carbocycles. The fourth-order valence-electron chi connectivity index (χ4n) is 14.4. The van der Waals surface area contributed by atoms with Crippen molar-refractivity contribution in [2.45, 2.75) is 131 Å². The van der Waals surface area contributed by atoms with Gasteiger partial charge >= 0.3 is 5.97 Å². The van der Waals surface area contributed by atoms with Gasteiger partial charge in [0, 0.05) is 24.7 Å². The van der Waals surface area contributed by atoms with E-state index in [2.05, 4.69) is 57.0 Å². The lowest BCUT2D eigenvalue weighted by Gasteiger charge is -2.75. The predicted octanol–water partition coefficient (Wildman–Crippen LogP) is 7.97. The van der Waals surface area contributed by atoms with E-state index in [-0.39, 0.29) is 56.9 Å². The number of esters is 1. The molecule has 7 heteroatoms. The van der Waals surface area contributed by atoms with Crippen molar-refractivity contribution in [3.8, 4) is 0 Å². The zero-order valence-electron chi connectivity index (χ0n) is 29.7. The summed E-state index contributed by atoms with van der Waals surface area (Å²) in [4.78, 5) is 43.5. The number of fused-ring (bicyclic) bond motifs is 6. The maximum Gasteiger partial charge on any atom is 0.302 e. The van der Waals surface area contributed by atoms with Crippen LogP contribution in [0, 0.1) is 56.2 Å². The van der Waals surface area contributed by atoms with E-state index in [1.54, 1.807) is 25.3 Å². The number of allylic oxidation sites excluding steroid dienone is 1. The zero-order chi connectivity index (χ0) is 33.6. The molecule has 6 fully saturated rings. The van der Waals surface area contributed by atoms with Crippen molar-refractivity contribution in [3.05, 3.63) is 42.2 Å². The van der Waals surface area contributed by atoms with Gasteiger partial charge in [0.05, 0.1) is 11.0 Å². The molecule has 256 valence electrons. The molecule has 7 nitrogen and oxygen atoms in total. The van der Waals surface area contributed by atoms with Gasteiger partial charge in [-0.2, -0.15) is 0 Å². The third-order valence-corrected chi connectivity index (χ3v) is 16.7. The average molecular weight is 644 g/mol. The molecule has 2 amide bonds. The van der Waals surface area contributed by atoms with Gasteiger partial charge < -0.3 is 4.74 Å². The second-order valence-corrected chi connectivity index (χ2v) is 17.8. The fraction of sp³-hybridized carbons (Fsp3) is 0.750. The molecule has 7 rings (SSSR count). The molecule has 1 heterocycles. The van der Waals surface area contributed by atoms with Crippen molar-refractivity contribution < 1.29 is 19.1 Å². The highest BCUT2D eigenvalue weighted by Crippen LogP contribution is 2.82. The summed E-state index contributed by atoms with van der Waals surface area (Å²) >= 11 is 0. The maximum absolute atomic E-state index is 14.3. The molecule has 6 aliphatic rings. The molecule has 0 radical (unpaired) electrons. The Morgan fingerprint density at radius 3 is 2.30 bits per heavy atom. The highest BCUT2D eigenvalue weighted by molar-refractivity contribution is 5.95. The van der Waals surface area contributed by atoms with Crippen LogP contribution in [-0.4, -0.2) is 28.9 Å². The van der Waals surface area contributed by atoms with Gasteiger partial charge in [0.15, 0.2) is 0 Å². The molecule has 3 unspecified atom stereocenters. The lowest BCUT2D eigenvalue weighted by Crippen LogP contribution is -2.70. The van der Waals surface area contributed by atoms with E-state index >= 15 is 0 Å². The van der Waals surface area contributed by atoms with Crippen molar-refractivity contribution in [1.82, 2.24) is 15.8 Å². The van der Waals surface area contributed by atoms with E-state index in [4.69, 9.17) is 4.74 Å². The molecule has 11 atom stereocenters. The predicted molar refractivity (Wildman–Crippen MR) is 181 cm³/mol. The first-order valence-corrected chi connectivity index (χ1v) is 18.5. The molecule has 1 aromatic heterocycles. The SMILES string of the molecule is C=C(C)[C@@H]1CC[C@]2(C(=O)NNC(=O)c3cccnc3)CC[C@]3(C)[C@H](CCC4[C@@]5(C)CC[C@H](OC(C)=O)C6(C)CCC[C@]65CC[C@]43C)C12. The van der Waals surface area contributed by atoms with E-state index in [0.29, 0.717) is 23.3 Å². The van der Waals surface area contributed by atoms with Crippen LogP contribution in [0.1, 0.15) is 135 Å². The first-order chi connectivity index (χ1) is 22.2. The van der Waals surface area contributed by atoms with Gasteiger partial charge in [-0.05, 0) is 141 Å². The Hall–Kier alpha value is -2.70. The van der Waals surface area contributed by atoms with Gasteiger partial charge in [0.1, 0.15) is 6.10 Å². The topological polar surface area (TPSA) is 97.4 Å². The minimum absolute atomic E-state index is 0.0223. The fourth-order valence-corrected chi connectivity index (χ4v) is 14.4. The van der Waals surface area contributed by atoms with Crippen LogP contribution in [-0.2, 0) is 14.3 Å². The van der Waals surface area contributed by atoms with E-state index in [0.717, 1.165) is 51.4 Å². The van der Waals surface area contributed by atoms with Crippen LogP contribution in [0.25, 0.3) is 0 Å². The number of amides is 2. The number of carbonyl (C=O) groups is 3. The van der Waals surface area contributed by atoms with Gasteiger partial charge in [-0.3, -0.25) is 30.2 Å². The Balaban J connectivity index is 1.20. The van der Waals surface area contributed by atoms with Gasteiger partial charge in [0.25, 0.3) is 5.91 Å². The van der Waals surface area contributed by atoms with E-state index in [1.807, 2.05) is 0 Å². The molecule has 1 aromatic rings. The number of nitrogens with one attached hydrogen (secondary N) is 2. The molecule has 2 N–H and O–H groups in total. The summed E-state index contributed by atoms with van der Waals surface area (Å²) in [7, 11) is 0. The van der Waals surface area contributed by atoms with Gasteiger partial charge in [-0.15, -0.1) is 0 Å². The zero-order valence-corrected chi connectivity index (χ0v) is 29.7. The molecule has 47 heavy (non-hydrogen) atoms. The van der Waals surface area contributed by atoms with Crippen LogP contribution in [0.4, 0.5) is 0 Å². The highest BCUT2D eigenvalue weighted by atomic mass is 16.5. The van der Waals surface area contributed by atoms with E-state index in [9.17, 15) is 14.4 Å². The molecular formula is C40H57N3O4. The lowest BCUT2D eigenvalue weighted by molar-refractivity contribution is -0.281. The molecule has 1 spiro atoms. The Morgan fingerprint density at radius 1 is 0.830 bits per heavy atom. The van der Waals surface area contributed by atoms with Crippen molar-refractivity contribution in [1.29, 1.82) is 0 Å². The third-order valence-electron chi connectivity index (χ3n) is 16.7. The maximum atomic E-state index is 14.3. The third kappa shape index (κ3) is 4.22. The minimum Gasteiger partial charge on any atom is -0.462 e.